The number of aromatic amines is 1. The Balaban J connectivity index is 1.07. The second kappa shape index (κ2) is 12.4. The third kappa shape index (κ3) is 6.04. The summed E-state index contributed by atoms with van der Waals surface area (Å²) in [6.45, 7) is 3.68. The molecule has 0 saturated carbocycles. The Bertz CT molecular complexity index is 1620. The average molecular weight is 601 g/mol. The fourth-order valence-corrected chi connectivity index (χ4v) is 5.97. The van der Waals surface area contributed by atoms with Crippen molar-refractivity contribution < 1.29 is 14.4 Å². The highest BCUT2D eigenvalue weighted by molar-refractivity contribution is 6.34. The Morgan fingerprint density at radius 1 is 0.907 bits per heavy atom. The minimum Gasteiger partial charge on any atom is -0.339 e. The van der Waals surface area contributed by atoms with E-state index in [1.165, 1.54) is 0 Å². The summed E-state index contributed by atoms with van der Waals surface area (Å²) in [6.07, 6.45) is 6.97. The van der Waals surface area contributed by atoms with Gasteiger partial charge in [0.1, 0.15) is 0 Å². The molecule has 2 aromatic heterocycles. The molecule has 222 valence electrons. The van der Waals surface area contributed by atoms with Gasteiger partial charge in [0.2, 0.25) is 5.91 Å². The van der Waals surface area contributed by atoms with E-state index < -0.39 is 5.91 Å². The van der Waals surface area contributed by atoms with Gasteiger partial charge < -0.3 is 25.0 Å². The van der Waals surface area contributed by atoms with Gasteiger partial charge in [0.25, 0.3) is 11.8 Å². The number of H-pyrrole nitrogens is 1. The smallest absolute Gasteiger partial charge is 0.291 e. The lowest BCUT2D eigenvalue weighted by molar-refractivity contribution is -0.137. The van der Waals surface area contributed by atoms with E-state index in [9.17, 15) is 14.4 Å². The summed E-state index contributed by atoms with van der Waals surface area (Å²) in [4.78, 5) is 47.2. The zero-order valence-corrected chi connectivity index (χ0v) is 24.6. The van der Waals surface area contributed by atoms with Crippen LogP contribution in [0, 0.1) is 5.92 Å². The zero-order valence-electron chi connectivity index (χ0n) is 23.8. The molecule has 3 amide bonds. The number of rotatable bonds is 6. The topological polar surface area (TPSA) is 128 Å². The Kier molecular flexibility index (Phi) is 8.26. The molecule has 2 aliphatic heterocycles. The predicted molar refractivity (Wildman–Crippen MR) is 164 cm³/mol. The van der Waals surface area contributed by atoms with Crippen LogP contribution >= 0.6 is 11.6 Å². The molecule has 11 nitrogen and oxygen atoms in total. The number of benzene rings is 2. The van der Waals surface area contributed by atoms with Gasteiger partial charge in [-0.15, -0.1) is 0 Å². The monoisotopic (exact) mass is 600 g/mol. The molecule has 0 radical (unpaired) electrons. The number of anilines is 1. The molecule has 2 saturated heterocycles. The minimum absolute atomic E-state index is 0.0673. The summed E-state index contributed by atoms with van der Waals surface area (Å²) < 4.78 is 1.73. The lowest BCUT2D eigenvalue weighted by Gasteiger charge is -2.37. The van der Waals surface area contributed by atoms with Gasteiger partial charge >= 0.3 is 0 Å². The van der Waals surface area contributed by atoms with Gasteiger partial charge in [-0.2, -0.15) is 5.10 Å². The van der Waals surface area contributed by atoms with E-state index >= 15 is 0 Å². The molecule has 0 spiro atoms. The molecule has 43 heavy (non-hydrogen) atoms. The predicted octanol–water partition coefficient (Wildman–Crippen LogP) is 3.67. The first-order chi connectivity index (χ1) is 20.9. The van der Waals surface area contributed by atoms with Gasteiger partial charge in [-0.25, -0.2) is 4.98 Å². The Labute approximate surface area is 254 Å². The summed E-state index contributed by atoms with van der Waals surface area (Å²) in [7, 11) is 1.79. The van der Waals surface area contributed by atoms with Crippen LogP contribution in [0.15, 0.2) is 61.1 Å². The van der Waals surface area contributed by atoms with Crippen molar-refractivity contribution >= 4 is 35.0 Å². The maximum atomic E-state index is 13.2. The van der Waals surface area contributed by atoms with Crippen LogP contribution in [0.4, 0.5) is 5.69 Å². The second-order valence-corrected chi connectivity index (χ2v) is 11.3. The molecule has 4 heterocycles. The number of hydrogen-bond acceptors (Lipinski definition) is 6. The van der Waals surface area contributed by atoms with Crippen LogP contribution in [-0.2, 0) is 11.8 Å². The molecule has 0 atom stereocenters. The molecule has 0 aliphatic carbocycles. The molecule has 0 bridgehead atoms. The molecule has 2 aliphatic rings. The standard InChI is InChI=1S/C31H33ClN8O3/c1-38-27(21-4-2-20(3-5-21)23-17-35-36-18-23)19-34-28(38)29(41)37-24-6-7-25(26(32)16-24)31(43)40-14-12-39(13-15-40)30(42)22-8-10-33-11-9-22/h2-7,16-19,22,33H,8-15H2,1H3,(H,35,36)(H,37,41). The highest BCUT2D eigenvalue weighted by Gasteiger charge is 2.30. The Morgan fingerprint density at radius 2 is 1.60 bits per heavy atom. The molecule has 12 heteroatoms. The highest BCUT2D eigenvalue weighted by atomic mass is 35.5. The molecule has 2 fully saturated rings. The van der Waals surface area contributed by atoms with Crippen LogP contribution in [0.2, 0.25) is 5.02 Å². The number of hydrogen-bond donors (Lipinski definition) is 3. The normalized spacial score (nSPS) is 15.9. The SMILES string of the molecule is Cn1c(-c2ccc(-c3cn[nH]c3)cc2)cnc1C(=O)Nc1ccc(C(=O)N2CCN(C(=O)C3CCNCC3)CC2)c(Cl)c1. The second-order valence-electron chi connectivity index (χ2n) is 10.9. The zero-order chi connectivity index (χ0) is 29.9. The number of carbonyl (C=O) groups is 3. The van der Waals surface area contributed by atoms with E-state index in [1.807, 2.05) is 35.4 Å². The first-order valence-corrected chi connectivity index (χ1v) is 14.8. The summed E-state index contributed by atoms with van der Waals surface area (Å²) in [5.41, 5.74) is 4.55. The van der Waals surface area contributed by atoms with E-state index in [2.05, 4.69) is 25.8 Å². The quantitative estimate of drug-likeness (QED) is 0.310. The first-order valence-electron chi connectivity index (χ1n) is 14.4. The fourth-order valence-electron chi connectivity index (χ4n) is 5.71. The van der Waals surface area contributed by atoms with Crippen LogP contribution in [0.1, 0.15) is 33.8 Å². The minimum atomic E-state index is -0.395. The number of aromatic nitrogens is 4. The molecule has 0 unspecified atom stereocenters. The molecule has 6 rings (SSSR count). The van der Waals surface area contributed by atoms with E-state index in [-0.39, 0.29) is 28.6 Å². The van der Waals surface area contributed by atoms with Crippen LogP contribution in [0.25, 0.3) is 22.4 Å². The molecular formula is C31H33ClN8O3. The third-order valence-electron chi connectivity index (χ3n) is 8.23. The summed E-state index contributed by atoms with van der Waals surface area (Å²) in [5.74, 6) is -0.0903. The van der Waals surface area contributed by atoms with Gasteiger partial charge in [0.05, 0.1) is 28.7 Å². The number of nitrogens with one attached hydrogen (secondary N) is 3. The number of nitrogens with zero attached hydrogens (tertiary/aromatic N) is 5. The van der Waals surface area contributed by atoms with Crippen LogP contribution in [-0.4, -0.2) is 86.5 Å². The average Bonchev–Trinajstić information content (AvgIpc) is 3.72. The van der Waals surface area contributed by atoms with Gasteiger partial charge in [-0.05, 0) is 55.3 Å². The van der Waals surface area contributed by atoms with Crippen LogP contribution < -0.4 is 10.6 Å². The number of piperidine rings is 1. The highest BCUT2D eigenvalue weighted by Crippen LogP contribution is 2.27. The van der Waals surface area contributed by atoms with Crippen molar-refractivity contribution in [3.63, 3.8) is 0 Å². The molecule has 3 N–H and O–H groups in total. The van der Waals surface area contributed by atoms with Crippen LogP contribution in [0.3, 0.4) is 0 Å². The number of carbonyl (C=O) groups excluding carboxylic acids is 3. The molecule has 2 aromatic carbocycles. The maximum absolute atomic E-state index is 13.2. The van der Waals surface area contributed by atoms with E-state index in [0.29, 0.717) is 37.4 Å². The lowest BCUT2D eigenvalue weighted by Crippen LogP contribution is -2.52. The maximum Gasteiger partial charge on any atom is 0.291 e. The number of imidazole rings is 1. The molecular weight excluding hydrogens is 568 g/mol. The van der Waals surface area contributed by atoms with Gasteiger partial charge in [-0.3, -0.25) is 19.5 Å². The van der Waals surface area contributed by atoms with E-state index in [4.69, 9.17) is 11.6 Å². The molecule has 4 aromatic rings. The van der Waals surface area contributed by atoms with Crippen molar-refractivity contribution in [2.45, 2.75) is 12.8 Å². The third-order valence-corrected chi connectivity index (χ3v) is 8.54. The van der Waals surface area contributed by atoms with Gasteiger partial charge in [0, 0.05) is 56.6 Å². The summed E-state index contributed by atoms with van der Waals surface area (Å²) in [6, 6.07) is 12.8. The largest absolute Gasteiger partial charge is 0.339 e. The Hall–Kier alpha value is -4.48. The van der Waals surface area contributed by atoms with Gasteiger partial charge in [-0.1, -0.05) is 35.9 Å². The van der Waals surface area contributed by atoms with Crippen molar-refractivity contribution in [2.75, 3.05) is 44.6 Å². The lowest BCUT2D eigenvalue weighted by atomic mass is 9.96. The Morgan fingerprint density at radius 3 is 2.28 bits per heavy atom. The van der Waals surface area contributed by atoms with Crippen molar-refractivity contribution in [3.8, 4) is 22.4 Å². The van der Waals surface area contributed by atoms with Crippen molar-refractivity contribution in [1.29, 1.82) is 0 Å². The fraction of sp³-hybridized carbons (Fsp3) is 0.323. The van der Waals surface area contributed by atoms with E-state index in [0.717, 1.165) is 48.3 Å². The van der Waals surface area contributed by atoms with Crippen molar-refractivity contribution in [1.82, 2.24) is 34.9 Å². The number of halogens is 1. The summed E-state index contributed by atoms with van der Waals surface area (Å²) in [5, 5.41) is 13.2. The van der Waals surface area contributed by atoms with Crippen molar-refractivity contribution in [2.24, 2.45) is 13.0 Å². The number of piperazine rings is 1. The van der Waals surface area contributed by atoms with Gasteiger partial charge in [0.15, 0.2) is 5.82 Å². The van der Waals surface area contributed by atoms with Crippen molar-refractivity contribution in [3.05, 3.63) is 77.5 Å². The first kappa shape index (κ1) is 28.6. The summed E-state index contributed by atoms with van der Waals surface area (Å²) >= 11 is 6.52. The van der Waals surface area contributed by atoms with Crippen LogP contribution in [0.5, 0.6) is 0 Å². The van der Waals surface area contributed by atoms with E-state index in [1.54, 1.807) is 47.1 Å². The number of amides is 3.